The predicted molar refractivity (Wildman–Crippen MR) is 69.9 cm³/mol. The summed E-state index contributed by atoms with van der Waals surface area (Å²) in [4.78, 5) is 4.45. The molecule has 0 atom stereocenters. The number of nitrogens with zero attached hydrogens (tertiary/aromatic N) is 1. The van der Waals surface area contributed by atoms with Gasteiger partial charge in [-0.1, -0.05) is 20.3 Å². The maximum atomic E-state index is 4.45. The molecule has 1 nitrogen and oxygen atoms in total. The quantitative estimate of drug-likeness (QED) is 0.749. The summed E-state index contributed by atoms with van der Waals surface area (Å²) >= 11 is 0. The van der Waals surface area contributed by atoms with Crippen molar-refractivity contribution in [3.05, 3.63) is 41.1 Å². The maximum absolute atomic E-state index is 4.45. The summed E-state index contributed by atoms with van der Waals surface area (Å²) in [6.07, 6.45) is 5.38. The highest BCUT2D eigenvalue weighted by molar-refractivity contribution is 5.83. The zero-order valence-electron chi connectivity index (χ0n) is 10.4. The van der Waals surface area contributed by atoms with Gasteiger partial charge in [0.1, 0.15) is 0 Å². The van der Waals surface area contributed by atoms with Gasteiger partial charge in [-0.05, 0) is 54.7 Å². The van der Waals surface area contributed by atoms with E-state index in [2.05, 4.69) is 44.0 Å². The third-order valence-corrected chi connectivity index (χ3v) is 3.18. The van der Waals surface area contributed by atoms with E-state index in [4.69, 9.17) is 0 Å². The van der Waals surface area contributed by atoms with Crippen LogP contribution >= 0.6 is 0 Å². The van der Waals surface area contributed by atoms with Crippen LogP contribution in [0.1, 0.15) is 37.0 Å². The third-order valence-electron chi connectivity index (χ3n) is 3.18. The minimum absolute atomic E-state index is 1.10. The molecule has 16 heavy (non-hydrogen) atoms. The second-order valence-electron chi connectivity index (χ2n) is 4.37. The van der Waals surface area contributed by atoms with Crippen molar-refractivity contribution in [3.63, 3.8) is 0 Å². The van der Waals surface area contributed by atoms with Gasteiger partial charge < -0.3 is 0 Å². The van der Waals surface area contributed by atoms with Gasteiger partial charge in [0.15, 0.2) is 0 Å². The summed E-state index contributed by atoms with van der Waals surface area (Å²) in [5, 5.41) is 1.31. The lowest BCUT2D eigenvalue weighted by molar-refractivity contribution is 0.901. The molecule has 0 aliphatic heterocycles. The summed E-state index contributed by atoms with van der Waals surface area (Å²) < 4.78 is 0. The van der Waals surface area contributed by atoms with E-state index in [1.54, 1.807) is 0 Å². The molecule has 0 unspecified atom stereocenters. The Morgan fingerprint density at radius 1 is 1.12 bits per heavy atom. The van der Waals surface area contributed by atoms with Crippen molar-refractivity contribution in [2.45, 2.75) is 40.0 Å². The number of aromatic nitrogens is 1. The summed E-state index contributed by atoms with van der Waals surface area (Å²) in [5.41, 5.74) is 5.41. The van der Waals surface area contributed by atoms with E-state index in [1.165, 1.54) is 34.9 Å². The number of hydrogen-bond acceptors (Lipinski definition) is 1. The molecular weight excluding hydrogens is 194 g/mol. The number of fused-ring (bicyclic) bond motifs is 1. The van der Waals surface area contributed by atoms with E-state index in [0.717, 1.165) is 11.9 Å². The van der Waals surface area contributed by atoms with E-state index >= 15 is 0 Å². The molecule has 0 bridgehead atoms. The molecule has 1 aromatic carbocycles. The van der Waals surface area contributed by atoms with E-state index in [-0.39, 0.29) is 0 Å². The topological polar surface area (TPSA) is 12.9 Å². The Kier molecular flexibility index (Phi) is 3.23. The first kappa shape index (κ1) is 11.1. The average Bonchev–Trinajstić information content (AvgIpc) is 2.30. The normalized spacial score (nSPS) is 10.9. The van der Waals surface area contributed by atoms with Crippen LogP contribution in [0.2, 0.25) is 0 Å². The molecule has 1 heteroatoms. The van der Waals surface area contributed by atoms with Gasteiger partial charge in [-0.25, -0.2) is 0 Å². The minimum Gasteiger partial charge on any atom is -0.256 e. The fourth-order valence-electron chi connectivity index (χ4n) is 2.25. The highest BCUT2D eigenvalue weighted by Gasteiger charge is 2.05. The van der Waals surface area contributed by atoms with Gasteiger partial charge in [0, 0.05) is 11.6 Å². The molecule has 0 spiro atoms. The van der Waals surface area contributed by atoms with Crippen molar-refractivity contribution in [1.29, 1.82) is 0 Å². The van der Waals surface area contributed by atoms with Gasteiger partial charge in [0.2, 0.25) is 0 Å². The molecule has 0 saturated carbocycles. The van der Waals surface area contributed by atoms with Gasteiger partial charge in [-0.15, -0.1) is 0 Å². The molecule has 0 amide bonds. The van der Waals surface area contributed by atoms with Crippen molar-refractivity contribution in [2.75, 3.05) is 0 Å². The number of benzene rings is 1. The largest absolute Gasteiger partial charge is 0.256 e. The van der Waals surface area contributed by atoms with Crippen LogP contribution in [0.25, 0.3) is 10.9 Å². The number of aryl methyl sites for hydroxylation is 3. The fourth-order valence-corrected chi connectivity index (χ4v) is 2.25. The average molecular weight is 213 g/mol. The molecule has 84 valence electrons. The molecule has 0 saturated heterocycles. The van der Waals surface area contributed by atoms with E-state index in [0.29, 0.717) is 0 Å². The molecular formula is C15H19N. The number of rotatable bonds is 3. The Morgan fingerprint density at radius 2 is 1.94 bits per heavy atom. The van der Waals surface area contributed by atoms with Gasteiger partial charge in [-0.2, -0.15) is 0 Å². The van der Waals surface area contributed by atoms with Crippen LogP contribution in [0.5, 0.6) is 0 Å². The van der Waals surface area contributed by atoms with E-state index in [9.17, 15) is 0 Å². The van der Waals surface area contributed by atoms with Gasteiger partial charge in [-0.3, -0.25) is 4.98 Å². The first-order valence-electron chi connectivity index (χ1n) is 6.13. The smallest absolute Gasteiger partial charge is 0.0707 e. The van der Waals surface area contributed by atoms with Crippen molar-refractivity contribution < 1.29 is 0 Å². The highest BCUT2D eigenvalue weighted by atomic mass is 14.6. The number of hydrogen-bond donors (Lipinski definition) is 0. The fraction of sp³-hybridized carbons (Fsp3) is 0.400. The molecule has 0 aliphatic carbocycles. The van der Waals surface area contributed by atoms with Crippen molar-refractivity contribution in [2.24, 2.45) is 0 Å². The first-order chi connectivity index (χ1) is 7.76. The molecule has 1 aromatic heterocycles. The second-order valence-corrected chi connectivity index (χ2v) is 4.37. The lowest BCUT2D eigenvalue weighted by Gasteiger charge is -2.10. The van der Waals surface area contributed by atoms with Crippen molar-refractivity contribution in [1.82, 2.24) is 4.98 Å². The SMILES string of the molecule is CCCc1cc2c(C)ccnc2cc1CC. The summed E-state index contributed by atoms with van der Waals surface area (Å²) in [7, 11) is 0. The van der Waals surface area contributed by atoms with Crippen LogP contribution in [-0.2, 0) is 12.8 Å². The molecule has 2 aromatic rings. The molecule has 0 radical (unpaired) electrons. The Bertz CT molecular complexity index is 500. The highest BCUT2D eigenvalue weighted by Crippen LogP contribution is 2.22. The number of pyridine rings is 1. The Hall–Kier alpha value is -1.37. The predicted octanol–water partition coefficient (Wildman–Crippen LogP) is 4.06. The summed E-state index contributed by atoms with van der Waals surface area (Å²) in [6, 6.07) is 6.68. The first-order valence-corrected chi connectivity index (χ1v) is 6.13. The minimum atomic E-state index is 1.10. The van der Waals surface area contributed by atoms with Gasteiger partial charge >= 0.3 is 0 Å². The summed E-state index contributed by atoms with van der Waals surface area (Å²) in [6.45, 7) is 6.61. The zero-order chi connectivity index (χ0) is 11.5. The van der Waals surface area contributed by atoms with E-state index in [1.807, 2.05) is 6.20 Å². The molecule has 0 aliphatic rings. The molecule has 0 fully saturated rings. The van der Waals surface area contributed by atoms with Crippen LogP contribution in [0.3, 0.4) is 0 Å². The Morgan fingerprint density at radius 3 is 2.62 bits per heavy atom. The van der Waals surface area contributed by atoms with Crippen LogP contribution < -0.4 is 0 Å². The monoisotopic (exact) mass is 213 g/mol. The molecule has 2 rings (SSSR count). The van der Waals surface area contributed by atoms with Crippen LogP contribution in [0, 0.1) is 6.92 Å². The van der Waals surface area contributed by atoms with Crippen molar-refractivity contribution >= 4 is 10.9 Å². The Labute approximate surface area is 97.5 Å². The van der Waals surface area contributed by atoms with Crippen molar-refractivity contribution in [3.8, 4) is 0 Å². The molecule has 1 heterocycles. The lowest BCUT2D eigenvalue weighted by atomic mass is 9.97. The maximum Gasteiger partial charge on any atom is 0.0707 e. The lowest BCUT2D eigenvalue weighted by Crippen LogP contribution is -1.94. The van der Waals surface area contributed by atoms with Crippen LogP contribution in [0.15, 0.2) is 24.4 Å². The van der Waals surface area contributed by atoms with Crippen LogP contribution in [-0.4, -0.2) is 4.98 Å². The van der Waals surface area contributed by atoms with E-state index < -0.39 is 0 Å². The zero-order valence-corrected chi connectivity index (χ0v) is 10.4. The second kappa shape index (κ2) is 4.65. The standard InChI is InChI=1S/C15H19N/c1-4-6-13-9-14-11(3)7-8-16-15(14)10-12(13)5-2/h7-10H,4-6H2,1-3H3. The Balaban J connectivity index is 2.65. The third kappa shape index (κ3) is 1.95. The summed E-state index contributed by atoms with van der Waals surface area (Å²) in [5.74, 6) is 0. The van der Waals surface area contributed by atoms with Crippen LogP contribution in [0.4, 0.5) is 0 Å². The van der Waals surface area contributed by atoms with Gasteiger partial charge in [0.25, 0.3) is 0 Å². The molecule has 0 N–H and O–H groups in total. The van der Waals surface area contributed by atoms with Gasteiger partial charge in [0.05, 0.1) is 5.52 Å².